The van der Waals surface area contributed by atoms with Gasteiger partial charge < -0.3 is 21.3 Å². The van der Waals surface area contributed by atoms with E-state index in [1.54, 1.807) is 13.0 Å². The maximum atomic E-state index is 11.3. The molecule has 6 nitrogen and oxygen atoms in total. The Hall–Kier alpha value is -1.72. The zero-order valence-electron chi connectivity index (χ0n) is 8.52. The lowest BCUT2D eigenvalue weighted by molar-refractivity contribution is 0.211. The molecule has 2 rings (SSSR count). The molecular weight excluding hydrogens is 196 g/mol. The Morgan fingerprint density at radius 1 is 1.20 bits per heavy atom. The first-order chi connectivity index (χ1) is 7.01. The molecule has 2 heterocycles. The van der Waals surface area contributed by atoms with Crippen molar-refractivity contribution in [1.29, 1.82) is 0 Å². The molecule has 0 saturated carbocycles. The highest BCUT2D eigenvalue weighted by Gasteiger charge is 2.61. The number of rotatable bonds is 3. The molecule has 0 unspecified atom stereocenters. The van der Waals surface area contributed by atoms with Gasteiger partial charge in [-0.25, -0.2) is 9.59 Å². The Kier molecular flexibility index (Phi) is 1.89. The van der Waals surface area contributed by atoms with Gasteiger partial charge >= 0.3 is 12.1 Å². The van der Waals surface area contributed by atoms with Gasteiger partial charge in [0.25, 0.3) is 0 Å². The third kappa shape index (κ3) is 1.25. The number of carbonyl (C=O) groups is 2. The van der Waals surface area contributed by atoms with E-state index in [1.165, 1.54) is 0 Å². The highest BCUT2D eigenvalue weighted by molar-refractivity contribution is 5.87. The first kappa shape index (κ1) is 9.82. The average molecular weight is 210 g/mol. The fourth-order valence-electron chi connectivity index (χ4n) is 2.12. The maximum Gasteiger partial charge on any atom is 0.318 e. The molecule has 0 atom stereocenters. The lowest BCUT2D eigenvalue weighted by atomic mass is 9.93. The van der Waals surface area contributed by atoms with Gasteiger partial charge in [0.05, 0.1) is 0 Å². The van der Waals surface area contributed by atoms with Crippen molar-refractivity contribution in [2.24, 2.45) is 0 Å². The Labute approximate surface area is 87.5 Å². The number of carbonyl (C=O) groups excluding carboxylic acids is 2. The minimum atomic E-state index is -0.774. The summed E-state index contributed by atoms with van der Waals surface area (Å²) in [7, 11) is 0. The molecule has 0 aromatic heterocycles. The minimum absolute atomic E-state index is 0.283. The van der Waals surface area contributed by atoms with Gasteiger partial charge in [-0.05, 0) is 19.8 Å². The zero-order valence-corrected chi connectivity index (χ0v) is 8.52. The predicted octanol–water partition coefficient (Wildman–Crippen LogP) is -0.00930. The third-order valence-electron chi connectivity index (χ3n) is 2.96. The number of fused-ring (bicyclic) bond motifs is 1. The van der Waals surface area contributed by atoms with Crippen molar-refractivity contribution >= 4 is 12.1 Å². The van der Waals surface area contributed by atoms with Gasteiger partial charge in [0, 0.05) is 0 Å². The van der Waals surface area contributed by atoms with E-state index in [1.807, 2.05) is 0 Å². The van der Waals surface area contributed by atoms with Crippen molar-refractivity contribution in [3.8, 4) is 0 Å². The molecule has 0 radical (unpaired) electrons. The largest absolute Gasteiger partial charge is 0.318 e. The topological polar surface area (TPSA) is 82.3 Å². The zero-order chi connectivity index (χ0) is 11.1. The lowest BCUT2D eigenvalue weighted by Crippen LogP contribution is -2.63. The smallest absolute Gasteiger partial charge is 0.312 e. The fraction of sp³-hybridized carbons (Fsp3) is 0.556. The summed E-state index contributed by atoms with van der Waals surface area (Å²) in [4.78, 5) is 22.6. The molecule has 2 fully saturated rings. The van der Waals surface area contributed by atoms with E-state index in [-0.39, 0.29) is 12.1 Å². The van der Waals surface area contributed by atoms with Gasteiger partial charge in [-0.1, -0.05) is 6.08 Å². The number of hydrogen-bond acceptors (Lipinski definition) is 2. The van der Waals surface area contributed by atoms with Crippen molar-refractivity contribution in [3.05, 3.63) is 12.7 Å². The van der Waals surface area contributed by atoms with Crippen molar-refractivity contribution in [3.63, 3.8) is 0 Å². The van der Waals surface area contributed by atoms with E-state index in [2.05, 4.69) is 27.8 Å². The monoisotopic (exact) mass is 210 g/mol. The summed E-state index contributed by atoms with van der Waals surface area (Å²) < 4.78 is 0. The summed E-state index contributed by atoms with van der Waals surface area (Å²) in [5.74, 6) is 0. The molecule has 0 bridgehead atoms. The van der Waals surface area contributed by atoms with Crippen LogP contribution in [0.1, 0.15) is 19.8 Å². The predicted molar refractivity (Wildman–Crippen MR) is 53.9 cm³/mol. The third-order valence-corrected chi connectivity index (χ3v) is 2.96. The van der Waals surface area contributed by atoms with Crippen LogP contribution in [-0.4, -0.2) is 23.4 Å². The van der Waals surface area contributed by atoms with Crippen LogP contribution in [0.25, 0.3) is 0 Å². The molecule has 4 N–H and O–H groups in total. The maximum absolute atomic E-state index is 11.3. The molecule has 4 amide bonds. The number of urea groups is 2. The van der Waals surface area contributed by atoms with Crippen LogP contribution in [0.2, 0.25) is 0 Å². The molecule has 0 aromatic rings. The second-order valence-electron chi connectivity index (χ2n) is 4.02. The van der Waals surface area contributed by atoms with Gasteiger partial charge in [0.2, 0.25) is 0 Å². The second-order valence-corrected chi connectivity index (χ2v) is 4.02. The van der Waals surface area contributed by atoms with E-state index in [0.29, 0.717) is 12.8 Å². The molecule has 0 spiro atoms. The fourth-order valence-corrected chi connectivity index (χ4v) is 2.12. The van der Waals surface area contributed by atoms with Crippen LogP contribution >= 0.6 is 0 Å². The number of nitrogens with one attached hydrogen (secondary N) is 4. The van der Waals surface area contributed by atoms with Crippen LogP contribution in [-0.2, 0) is 0 Å². The molecule has 2 aliphatic heterocycles. The van der Waals surface area contributed by atoms with Crippen LogP contribution in [0.15, 0.2) is 12.7 Å². The van der Waals surface area contributed by atoms with Gasteiger partial charge in [-0.3, -0.25) is 0 Å². The van der Waals surface area contributed by atoms with Gasteiger partial charge in [-0.2, -0.15) is 0 Å². The summed E-state index contributed by atoms with van der Waals surface area (Å²) in [6.07, 6.45) is 3.06. The highest BCUT2D eigenvalue weighted by Crippen LogP contribution is 2.30. The summed E-state index contributed by atoms with van der Waals surface area (Å²) in [6, 6.07) is -0.567. The van der Waals surface area contributed by atoms with Crippen LogP contribution in [0.5, 0.6) is 0 Å². The van der Waals surface area contributed by atoms with Gasteiger partial charge in [0.1, 0.15) is 0 Å². The van der Waals surface area contributed by atoms with Crippen LogP contribution in [0, 0.1) is 0 Å². The number of amides is 4. The van der Waals surface area contributed by atoms with Crippen molar-refractivity contribution < 1.29 is 9.59 Å². The lowest BCUT2D eigenvalue weighted by Gasteiger charge is -2.33. The van der Waals surface area contributed by atoms with E-state index in [9.17, 15) is 9.59 Å². The summed E-state index contributed by atoms with van der Waals surface area (Å²) >= 11 is 0. The molecule has 82 valence electrons. The Bertz CT molecular complexity index is 319. The standard InChI is InChI=1S/C9H14N4O2/c1-3-4-5-9-8(2,10-6(14)12-9)11-7(15)13-9/h3H,1,4-5H2,2H3,(H2,10,12,14)(H2,11,13,15). The van der Waals surface area contributed by atoms with Crippen LogP contribution < -0.4 is 21.3 Å². The van der Waals surface area contributed by atoms with Gasteiger partial charge in [0.15, 0.2) is 11.3 Å². The normalized spacial score (nSPS) is 37.4. The molecular formula is C9H14N4O2. The van der Waals surface area contributed by atoms with E-state index in [4.69, 9.17) is 0 Å². The Balaban J connectivity index is 2.28. The average Bonchev–Trinajstić information content (AvgIpc) is 2.46. The summed E-state index contributed by atoms with van der Waals surface area (Å²) in [5, 5.41) is 10.9. The first-order valence-corrected chi connectivity index (χ1v) is 4.83. The molecule has 6 heteroatoms. The van der Waals surface area contributed by atoms with Gasteiger partial charge in [-0.15, -0.1) is 6.58 Å². The van der Waals surface area contributed by atoms with Crippen molar-refractivity contribution in [1.82, 2.24) is 21.3 Å². The molecule has 2 aliphatic rings. The van der Waals surface area contributed by atoms with E-state index in [0.717, 1.165) is 0 Å². The summed E-state index contributed by atoms with van der Waals surface area (Å²) in [6.45, 7) is 5.40. The minimum Gasteiger partial charge on any atom is -0.312 e. The van der Waals surface area contributed by atoms with Crippen molar-refractivity contribution in [2.75, 3.05) is 0 Å². The highest BCUT2D eigenvalue weighted by atomic mass is 16.2. The van der Waals surface area contributed by atoms with E-state index >= 15 is 0 Å². The first-order valence-electron chi connectivity index (χ1n) is 4.83. The SMILES string of the molecule is C=CCCC12NC(=O)NC1(C)NC(=O)N2. The molecule has 0 aromatic carbocycles. The number of allylic oxidation sites excluding steroid dienone is 1. The summed E-state index contributed by atoms with van der Waals surface area (Å²) in [5.41, 5.74) is -1.53. The number of hydrogen-bond donors (Lipinski definition) is 4. The molecule has 0 aliphatic carbocycles. The van der Waals surface area contributed by atoms with E-state index < -0.39 is 11.3 Å². The molecule has 15 heavy (non-hydrogen) atoms. The Morgan fingerprint density at radius 3 is 2.20 bits per heavy atom. The Morgan fingerprint density at radius 2 is 1.73 bits per heavy atom. The second kappa shape index (κ2) is 2.88. The molecule has 2 saturated heterocycles. The van der Waals surface area contributed by atoms with Crippen LogP contribution in [0.4, 0.5) is 9.59 Å². The van der Waals surface area contributed by atoms with Crippen molar-refractivity contribution in [2.45, 2.75) is 31.1 Å². The quantitative estimate of drug-likeness (QED) is 0.494. The van der Waals surface area contributed by atoms with Crippen LogP contribution in [0.3, 0.4) is 0 Å².